The molecule has 0 spiro atoms. The molecule has 0 saturated heterocycles. The Balaban J connectivity index is 2.12. The highest BCUT2D eigenvalue weighted by molar-refractivity contribution is 5.83. The van der Waals surface area contributed by atoms with E-state index in [4.69, 9.17) is 0 Å². The van der Waals surface area contributed by atoms with Gasteiger partial charge in [0.25, 0.3) is 0 Å². The van der Waals surface area contributed by atoms with Crippen LogP contribution in [0.2, 0.25) is 0 Å². The number of imidazole rings is 1. The van der Waals surface area contributed by atoms with Gasteiger partial charge in [-0.15, -0.1) is 0 Å². The fourth-order valence-electron chi connectivity index (χ4n) is 2.40. The first-order valence-electron chi connectivity index (χ1n) is 6.50. The van der Waals surface area contributed by atoms with Gasteiger partial charge in [0.05, 0.1) is 11.0 Å². The van der Waals surface area contributed by atoms with E-state index in [1.54, 1.807) is 19.3 Å². The van der Waals surface area contributed by atoms with E-state index in [9.17, 15) is 4.79 Å². The third-order valence-corrected chi connectivity index (χ3v) is 3.32. The van der Waals surface area contributed by atoms with Gasteiger partial charge in [-0.3, -0.25) is 9.78 Å². The van der Waals surface area contributed by atoms with Crippen molar-refractivity contribution in [2.24, 2.45) is 7.05 Å². The highest BCUT2D eigenvalue weighted by atomic mass is 16.1. The van der Waals surface area contributed by atoms with Crippen molar-refractivity contribution in [3.8, 4) is 11.4 Å². The van der Waals surface area contributed by atoms with E-state index < -0.39 is 0 Å². The van der Waals surface area contributed by atoms with Crippen LogP contribution < -0.4 is 0 Å². The number of carbonyl (C=O) groups excluding carboxylic acids is 1. The summed E-state index contributed by atoms with van der Waals surface area (Å²) in [7, 11) is 1.99. The van der Waals surface area contributed by atoms with Gasteiger partial charge in [-0.25, -0.2) is 4.98 Å². The van der Waals surface area contributed by atoms with Crippen LogP contribution in [-0.4, -0.2) is 20.3 Å². The first-order chi connectivity index (χ1) is 9.65. The monoisotopic (exact) mass is 265 g/mol. The number of carbonyl (C=O) groups is 1. The maximum Gasteiger partial charge on any atom is 0.142 e. The number of hydrogen-bond acceptors (Lipinski definition) is 3. The molecule has 3 aromatic rings. The summed E-state index contributed by atoms with van der Waals surface area (Å²) in [6.45, 7) is 1.60. The van der Waals surface area contributed by atoms with Gasteiger partial charge in [0.2, 0.25) is 0 Å². The van der Waals surface area contributed by atoms with Gasteiger partial charge in [0, 0.05) is 31.4 Å². The van der Waals surface area contributed by atoms with Gasteiger partial charge in [-0.1, -0.05) is 6.07 Å². The van der Waals surface area contributed by atoms with E-state index in [2.05, 4.69) is 9.97 Å². The molecule has 100 valence electrons. The third-order valence-electron chi connectivity index (χ3n) is 3.32. The minimum Gasteiger partial charge on any atom is -0.327 e. The molecule has 0 fully saturated rings. The van der Waals surface area contributed by atoms with Crippen molar-refractivity contribution in [1.82, 2.24) is 14.5 Å². The zero-order valence-electron chi connectivity index (χ0n) is 11.5. The Morgan fingerprint density at radius 2 is 2.15 bits per heavy atom. The SMILES string of the molecule is CC(=O)Cc1ccc2c(c1)nc(-c1cccnc1)n2C. The fraction of sp³-hybridized carbons (Fsp3) is 0.188. The second-order valence-electron chi connectivity index (χ2n) is 4.94. The molecule has 0 amide bonds. The van der Waals surface area contributed by atoms with E-state index in [0.717, 1.165) is 28.0 Å². The van der Waals surface area contributed by atoms with Crippen molar-refractivity contribution in [3.63, 3.8) is 0 Å². The average molecular weight is 265 g/mol. The van der Waals surface area contributed by atoms with Crippen LogP contribution in [0.5, 0.6) is 0 Å². The molecule has 20 heavy (non-hydrogen) atoms. The summed E-state index contributed by atoms with van der Waals surface area (Å²) in [5.41, 5.74) is 3.95. The second-order valence-corrected chi connectivity index (χ2v) is 4.94. The topological polar surface area (TPSA) is 47.8 Å². The Kier molecular flexibility index (Phi) is 3.06. The van der Waals surface area contributed by atoms with Gasteiger partial charge in [0.1, 0.15) is 11.6 Å². The van der Waals surface area contributed by atoms with Crippen LogP contribution in [0.4, 0.5) is 0 Å². The van der Waals surface area contributed by atoms with Crippen LogP contribution in [0.15, 0.2) is 42.7 Å². The highest BCUT2D eigenvalue weighted by Crippen LogP contribution is 2.23. The van der Waals surface area contributed by atoms with Crippen LogP contribution in [0.25, 0.3) is 22.4 Å². The predicted octanol–water partition coefficient (Wildman–Crippen LogP) is 2.77. The lowest BCUT2D eigenvalue weighted by molar-refractivity contribution is -0.116. The zero-order valence-corrected chi connectivity index (χ0v) is 11.5. The van der Waals surface area contributed by atoms with Crippen molar-refractivity contribution >= 4 is 16.8 Å². The first kappa shape index (κ1) is 12.5. The van der Waals surface area contributed by atoms with Crippen molar-refractivity contribution in [2.75, 3.05) is 0 Å². The van der Waals surface area contributed by atoms with E-state index in [0.29, 0.717) is 6.42 Å². The number of fused-ring (bicyclic) bond motifs is 1. The molecule has 0 unspecified atom stereocenters. The van der Waals surface area contributed by atoms with Gasteiger partial charge in [0.15, 0.2) is 0 Å². The van der Waals surface area contributed by atoms with Gasteiger partial charge in [-0.05, 0) is 36.8 Å². The number of nitrogens with zero attached hydrogens (tertiary/aromatic N) is 3. The average Bonchev–Trinajstić information content (AvgIpc) is 2.76. The molecular weight excluding hydrogens is 250 g/mol. The van der Waals surface area contributed by atoms with E-state index in [1.807, 2.05) is 41.9 Å². The molecule has 4 heteroatoms. The van der Waals surface area contributed by atoms with Crippen LogP contribution in [0.3, 0.4) is 0 Å². The molecule has 0 radical (unpaired) electrons. The Morgan fingerprint density at radius 1 is 1.30 bits per heavy atom. The number of pyridine rings is 1. The lowest BCUT2D eigenvalue weighted by Gasteiger charge is -2.01. The van der Waals surface area contributed by atoms with Crippen LogP contribution in [0, 0.1) is 0 Å². The summed E-state index contributed by atoms with van der Waals surface area (Å²) in [4.78, 5) is 20.0. The first-order valence-corrected chi connectivity index (χ1v) is 6.50. The quantitative estimate of drug-likeness (QED) is 0.731. The van der Waals surface area contributed by atoms with Crippen LogP contribution >= 0.6 is 0 Å². The number of Topliss-reactive ketones (excluding diaryl/α,β-unsaturated/α-hetero) is 1. The van der Waals surface area contributed by atoms with Gasteiger partial charge < -0.3 is 4.57 Å². The molecule has 4 nitrogen and oxygen atoms in total. The largest absolute Gasteiger partial charge is 0.327 e. The molecular formula is C16H15N3O. The molecule has 0 bridgehead atoms. The standard InChI is InChI=1S/C16H15N3O/c1-11(20)8-12-5-6-15-14(9-12)18-16(19(15)2)13-4-3-7-17-10-13/h3-7,9-10H,8H2,1-2H3. The molecule has 0 aliphatic heterocycles. The van der Waals surface area contributed by atoms with Crippen molar-refractivity contribution < 1.29 is 4.79 Å². The van der Waals surface area contributed by atoms with Crippen molar-refractivity contribution in [3.05, 3.63) is 48.3 Å². The van der Waals surface area contributed by atoms with E-state index in [-0.39, 0.29) is 5.78 Å². The molecule has 0 N–H and O–H groups in total. The van der Waals surface area contributed by atoms with Gasteiger partial charge >= 0.3 is 0 Å². The maximum absolute atomic E-state index is 11.2. The number of hydrogen-bond donors (Lipinski definition) is 0. The molecule has 2 aromatic heterocycles. The number of aryl methyl sites for hydroxylation is 1. The summed E-state index contributed by atoms with van der Waals surface area (Å²) in [6.07, 6.45) is 4.00. The minimum atomic E-state index is 0.160. The number of rotatable bonds is 3. The zero-order chi connectivity index (χ0) is 14.1. The Bertz CT molecular complexity index is 775. The normalized spacial score (nSPS) is 10.9. The summed E-state index contributed by atoms with van der Waals surface area (Å²) in [5.74, 6) is 1.04. The summed E-state index contributed by atoms with van der Waals surface area (Å²) in [5, 5.41) is 0. The van der Waals surface area contributed by atoms with Crippen LogP contribution in [0.1, 0.15) is 12.5 Å². The van der Waals surface area contributed by atoms with E-state index >= 15 is 0 Å². The third kappa shape index (κ3) is 2.20. The summed E-state index contributed by atoms with van der Waals surface area (Å²) in [6, 6.07) is 9.87. The number of ketones is 1. The molecule has 0 aliphatic rings. The fourth-order valence-corrected chi connectivity index (χ4v) is 2.40. The van der Waals surface area contributed by atoms with Gasteiger partial charge in [-0.2, -0.15) is 0 Å². The summed E-state index contributed by atoms with van der Waals surface area (Å²) < 4.78 is 2.05. The van der Waals surface area contributed by atoms with E-state index in [1.165, 1.54) is 0 Å². The molecule has 3 rings (SSSR count). The molecule has 0 saturated carbocycles. The lowest BCUT2D eigenvalue weighted by atomic mass is 10.1. The molecule has 2 heterocycles. The minimum absolute atomic E-state index is 0.160. The highest BCUT2D eigenvalue weighted by Gasteiger charge is 2.10. The molecule has 0 aliphatic carbocycles. The number of benzene rings is 1. The molecule has 0 atom stereocenters. The second kappa shape index (κ2) is 4.89. The Hall–Kier alpha value is -2.49. The summed E-state index contributed by atoms with van der Waals surface area (Å²) >= 11 is 0. The van der Waals surface area contributed by atoms with Crippen molar-refractivity contribution in [1.29, 1.82) is 0 Å². The lowest BCUT2D eigenvalue weighted by Crippen LogP contribution is -1.96. The maximum atomic E-state index is 11.2. The van der Waals surface area contributed by atoms with Crippen LogP contribution in [-0.2, 0) is 18.3 Å². The Labute approximate surface area is 117 Å². The smallest absolute Gasteiger partial charge is 0.142 e. The van der Waals surface area contributed by atoms with Crippen molar-refractivity contribution in [2.45, 2.75) is 13.3 Å². The number of aromatic nitrogens is 3. The molecule has 1 aromatic carbocycles. The Morgan fingerprint density at radius 3 is 2.85 bits per heavy atom. The predicted molar refractivity (Wildman–Crippen MR) is 78.3 cm³/mol.